The molecular weight excluding hydrogens is 351 g/mol. The molecule has 7 nitrogen and oxygen atoms in total. The van der Waals surface area contributed by atoms with Crippen molar-refractivity contribution in [2.75, 3.05) is 19.7 Å². The Labute approximate surface area is 155 Å². The van der Waals surface area contributed by atoms with Gasteiger partial charge in [0, 0.05) is 31.4 Å². The zero-order valence-electron chi connectivity index (χ0n) is 14.8. The summed E-state index contributed by atoms with van der Waals surface area (Å²) in [5.41, 5.74) is 1.70. The first-order valence-electron chi connectivity index (χ1n) is 8.77. The van der Waals surface area contributed by atoms with Crippen molar-refractivity contribution in [2.24, 2.45) is 0 Å². The minimum absolute atomic E-state index is 0.0644. The molecule has 0 saturated carbocycles. The summed E-state index contributed by atoms with van der Waals surface area (Å²) in [5.74, 6) is -0.954. The Balaban J connectivity index is 1.69. The Morgan fingerprint density at radius 3 is 2.74 bits per heavy atom. The summed E-state index contributed by atoms with van der Waals surface area (Å²) in [6.07, 6.45) is 2.65. The monoisotopic (exact) mass is 370 g/mol. The third-order valence-electron chi connectivity index (χ3n) is 5.13. The van der Waals surface area contributed by atoms with E-state index in [4.69, 9.17) is 4.74 Å². The van der Waals surface area contributed by atoms with Crippen molar-refractivity contribution in [2.45, 2.75) is 25.0 Å². The predicted octanol–water partition coefficient (Wildman–Crippen LogP) is 1.05. The van der Waals surface area contributed by atoms with Gasteiger partial charge in [0.25, 0.3) is 5.91 Å². The van der Waals surface area contributed by atoms with Gasteiger partial charge in [0.15, 0.2) is 0 Å². The standard InChI is InChI=1S/C19H19FN4O3/c1-11-17(22-7-6-21-11)19(26)24-9-14(12-2-4-13(20)5-3-12)18-15(24)8-23-16(25)10-27-18/h2-7,14-15,18H,8-10H2,1H3,(H,23,25)/t14-,15-,18-/m1/s1. The van der Waals surface area contributed by atoms with E-state index in [0.29, 0.717) is 18.8 Å². The van der Waals surface area contributed by atoms with Crippen LogP contribution in [0.1, 0.15) is 27.7 Å². The van der Waals surface area contributed by atoms with Crippen LogP contribution in [0.2, 0.25) is 0 Å². The molecule has 4 rings (SSSR count). The van der Waals surface area contributed by atoms with Crippen LogP contribution < -0.4 is 5.32 Å². The largest absolute Gasteiger partial charge is 0.365 e. The second-order valence-electron chi connectivity index (χ2n) is 6.75. The van der Waals surface area contributed by atoms with Gasteiger partial charge in [-0.3, -0.25) is 14.6 Å². The number of carbonyl (C=O) groups is 2. The molecule has 27 heavy (non-hydrogen) atoms. The van der Waals surface area contributed by atoms with Crippen LogP contribution in [0.25, 0.3) is 0 Å². The molecule has 1 N–H and O–H groups in total. The van der Waals surface area contributed by atoms with Crippen molar-refractivity contribution in [3.8, 4) is 0 Å². The molecule has 2 aliphatic heterocycles. The van der Waals surface area contributed by atoms with Crippen LogP contribution in [0.5, 0.6) is 0 Å². The molecule has 1 aromatic heterocycles. The van der Waals surface area contributed by atoms with E-state index in [9.17, 15) is 14.0 Å². The van der Waals surface area contributed by atoms with Crippen LogP contribution in [0.15, 0.2) is 36.7 Å². The van der Waals surface area contributed by atoms with Gasteiger partial charge in [-0.1, -0.05) is 12.1 Å². The first-order valence-corrected chi connectivity index (χ1v) is 8.77. The van der Waals surface area contributed by atoms with E-state index >= 15 is 0 Å². The fourth-order valence-corrected chi connectivity index (χ4v) is 3.78. The van der Waals surface area contributed by atoms with Gasteiger partial charge in [-0.2, -0.15) is 0 Å². The van der Waals surface area contributed by atoms with Gasteiger partial charge in [0.05, 0.1) is 17.8 Å². The number of hydrogen-bond donors (Lipinski definition) is 1. The normalized spacial score (nSPS) is 24.9. The summed E-state index contributed by atoms with van der Waals surface area (Å²) < 4.78 is 19.2. The Morgan fingerprint density at radius 2 is 2.00 bits per heavy atom. The maximum atomic E-state index is 13.3. The van der Waals surface area contributed by atoms with Crippen molar-refractivity contribution in [3.05, 3.63) is 59.4 Å². The van der Waals surface area contributed by atoms with Gasteiger partial charge in [-0.05, 0) is 24.6 Å². The van der Waals surface area contributed by atoms with E-state index < -0.39 is 0 Å². The topological polar surface area (TPSA) is 84.4 Å². The van der Waals surface area contributed by atoms with Crippen LogP contribution in [0, 0.1) is 12.7 Å². The van der Waals surface area contributed by atoms with Gasteiger partial charge >= 0.3 is 0 Å². The molecule has 2 fully saturated rings. The smallest absolute Gasteiger partial charge is 0.274 e. The number of amides is 2. The van der Waals surface area contributed by atoms with Crippen molar-refractivity contribution in [1.29, 1.82) is 0 Å². The number of benzene rings is 1. The lowest BCUT2D eigenvalue weighted by atomic mass is 9.93. The van der Waals surface area contributed by atoms with Gasteiger partial charge < -0.3 is 15.0 Å². The number of rotatable bonds is 2. The lowest BCUT2D eigenvalue weighted by Gasteiger charge is -2.26. The summed E-state index contributed by atoms with van der Waals surface area (Å²) in [6.45, 7) is 2.36. The van der Waals surface area contributed by atoms with Crippen LogP contribution in [-0.4, -0.2) is 58.5 Å². The molecule has 1 aromatic carbocycles. The average molecular weight is 370 g/mol. The van der Waals surface area contributed by atoms with E-state index in [2.05, 4.69) is 15.3 Å². The number of halogens is 1. The Bertz CT molecular complexity index is 874. The third kappa shape index (κ3) is 3.28. The molecule has 0 unspecified atom stereocenters. The number of nitrogens with zero attached hydrogens (tertiary/aromatic N) is 3. The summed E-state index contributed by atoms with van der Waals surface area (Å²) in [4.78, 5) is 34.9. The number of aryl methyl sites for hydroxylation is 1. The van der Waals surface area contributed by atoms with Gasteiger partial charge in [0.1, 0.15) is 18.1 Å². The minimum Gasteiger partial charge on any atom is -0.365 e. The molecule has 0 spiro atoms. The lowest BCUT2D eigenvalue weighted by molar-refractivity contribution is -0.125. The summed E-state index contributed by atoms with van der Waals surface area (Å²) >= 11 is 0. The molecule has 2 saturated heterocycles. The Morgan fingerprint density at radius 1 is 1.26 bits per heavy atom. The molecule has 140 valence electrons. The molecule has 8 heteroatoms. The molecule has 0 bridgehead atoms. The van der Waals surface area contributed by atoms with Gasteiger partial charge in [-0.15, -0.1) is 0 Å². The number of carbonyl (C=O) groups excluding carboxylic acids is 2. The second kappa shape index (κ2) is 7.03. The number of ether oxygens (including phenoxy) is 1. The third-order valence-corrected chi connectivity index (χ3v) is 5.13. The molecule has 0 aliphatic carbocycles. The van der Waals surface area contributed by atoms with E-state index in [1.54, 1.807) is 24.0 Å². The van der Waals surface area contributed by atoms with Crippen LogP contribution >= 0.6 is 0 Å². The number of likely N-dealkylation sites (tertiary alicyclic amines) is 1. The Kier molecular flexibility index (Phi) is 4.57. The van der Waals surface area contributed by atoms with E-state index in [1.165, 1.54) is 24.5 Å². The molecule has 2 aliphatic rings. The maximum absolute atomic E-state index is 13.3. The van der Waals surface area contributed by atoms with E-state index in [1.807, 2.05) is 0 Å². The first-order chi connectivity index (χ1) is 13.0. The summed E-state index contributed by atoms with van der Waals surface area (Å²) in [5, 5.41) is 2.79. The SMILES string of the molecule is Cc1nccnc1C(=O)N1C[C@H](c2ccc(F)cc2)[C@H]2OCC(=O)NC[C@H]21. The lowest BCUT2D eigenvalue weighted by Crippen LogP contribution is -2.45. The first kappa shape index (κ1) is 17.5. The highest BCUT2D eigenvalue weighted by atomic mass is 19.1. The van der Waals surface area contributed by atoms with E-state index in [-0.39, 0.29) is 48.0 Å². The van der Waals surface area contributed by atoms with Crippen LogP contribution in [-0.2, 0) is 9.53 Å². The highest BCUT2D eigenvalue weighted by Crippen LogP contribution is 2.36. The maximum Gasteiger partial charge on any atom is 0.274 e. The summed E-state index contributed by atoms with van der Waals surface area (Å²) in [6, 6.07) is 5.84. The molecular formula is C19H19FN4O3. The molecule has 2 amide bonds. The van der Waals surface area contributed by atoms with Crippen molar-refractivity contribution in [3.63, 3.8) is 0 Å². The van der Waals surface area contributed by atoms with Gasteiger partial charge in [-0.25, -0.2) is 9.37 Å². The second-order valence-corrected chi connectivity index (χ2v) is 6.75. The minimum atomic E-state index is -0.365. The molecule has 3 heterocycles. The zero-order valence-corrected chi connectivity index (χ0v) is 14.8. The summed E-state index contributed by atoms with van der Waals surface area (Å²) in [7, 11) is 0. The number of aromatic nitrogens is 2. The molecule has 3 atom stereocenters. The van der Waals surface area contributed by atoms with Crippen LogP contribution in [0.3, 0.4) is 0 Å². The van der Waals surface area contributed by atoms with Crippen molar-refractivity contribution in [1.82, 2.24) is 20.2 Å². The quantitative estimate of drug-likeness (QED) is 0.854. The van der Waals surface area contributed by atoms with Crippen LogP contribution in [0.4, 0.5) is 4.39 Å². The number of hydrogen-bond acceptors (Lipinski definition) is 5. The highest BCUT2D eigenvalue weighted by Gasteiger charge is 2.47. The number of fused-ring (bicyclic) bond motifs is 1. The average Bonchev–Trinajstić information content (AvgIpc) is 2.92. The molecule has 0 radical (unpaired) electrons. The van der Waals surface area contributed by atoms with Crippen molar-refractivity contribution < 1.29 is 18.7 Å². The van der Waals surface area contributed by atoms with Crippen molar-refractivity contribution >= 4 is 11.8 Å². The fraction of sp³-hybridized carbons (Fsp3) is 0.368. The van der Waals surface area contributed by atoms with Gasteiger partial charge in [0.2, 0.25) is 5.91 Å². The zero-order chi connectivity index (χ0) is 19.0. The number of nitrogens with one attached hydrogen (secondary N) is 1. The predicted molar refractivity (Wildman–Crippen MR) is 93.5 cm³/mol. The highest BCUT2D eigenvalue weighted by molar-refractivity contribution is 5.94. The Hall–Kier alpha value is -2.87. The van der Waals surface area contributed by atoms with E-state index in [0.717, 1.165) is 5.56 Å². The fourth-order valence-electron chi connectivity index (χ4n) is 3.78. The molecule has 2 aromatic rings.